The molecule has 1 unspecified atom stereocenters. The van der Waals surface area contributed by atoms with Crippen LogP contribution in [-0.2, 0) is 14.2 Å². The summed E-state index contributed by atoms with van der Waals surface area (Å²) < 4.78 is 17.3. The van der Waals surface area contributed by atoms with Gasteiger partial charge in [-0.2, -0.15) is 0 Å². The molecular weight excluding hydrogens is 336 g/mol. The molecule has 0 aromatic carbocycles. The van der Waals surface area contributed by atoms with Crippen LogP contribution in [-0.4, -0.2) is 27.3 Å². The van der Waals surface area contributed by atoms with Gasteiger partial charge in [-0.1, -0.05) is 111 Å². The summed E-state index contributed by atoms with van der Waals surface area (Å²) in [4.78, 5) is 0. The van der Waals surface area contributed by atoms with E-state index in [2.05, 4.69) is 20.8 Å². The lowest BCUT2D eigenvalue weighted by Crippen LogP contribution is -2.51. The van der Waals surface area contributed by atoms with Gasteiger partial charge in [0.05, 0.1) is 0 Å². The molecule has 0 bridgehead atoms. The maximum atomic E-state index is 5.78. The minimum absolute atomic E-state index is 0.113. The maximum Gasteiger partial charge on any atom is 0.287 e. The summed E-state index contributed by atoms with van der Waals surface area (Å²) in [6.45, 7) is 6.83. The summed E-state index contributed by atoms with van der Waals surface area (Å²) in [6.07, 6.45) is 20.8. The highest BCUT2D eigenvalue weighted by Crippen LogP contribution is 2.44. The fraction of sp³-hybridized carbons (Fsp3) is 1.00. The fourth-order valence-corrected chi connectivity index (χ4v) is 4.36. The zero-order valence-electron chi connectivity index (χ0n) is 19.5. The number of methoxy groups -OCH3 is 3. The molecule has 0 radical (unpaired) electrons. The Kier molecular flexibility index (Phi) is 16.7. The average Bonchev–Trinajstić information content (AvgIpc) is 2.68. The third kappa shape index (κ3) is 10.3. The predicted molar refractivity (Wildman–Crippen MR) is 117 cm³/mol. The smallest absolute Gasteiger partial charge is 0.287 e. The highest BCUT2D eigenvalue weighted by molar-refractivity contribution is 4.84. The van der Waals surface area contributed by atoms with Gasteiger partial charge in [0.25, 0.3) is 5.97 Å². The summed E-state index contributed by atoms with van der Waals surface area (Å²) in [5, 5.41) is 0. The van der Waals surface area contributed by atoms with Crippen molar-refractivity contribution in [3.8, 4) is 0 Å². The molecule has 3 nitrogen and oxygen atoms in total. The van der Waals surface area contributed by atoms with Gasteiger partial charge in [0.1, 0.15) is 0 Å². The van der Waals surface area contributed by atoms with Crippen LogP contribution in [0.1, 0.15) is 124 Å². The van der Waals surface area contributed by atoms with Crippen LogP contribution >= 0.6 is 0 Å². The van der Waals surface area contributed by atoms with E-state index in [1.165, 1.54) is 89.9 Å². The second-order valence-corrected chi connectivity index (χ2v) is 8.47. The third-order valence-corrected chi connectivity index (χ3v) is 6.21. The molecule has 0 amide bonds. The first-order chi connectivity index (χ1) is 13.1. The van der Waals surface area contributed by atoms with Crippen molar-refractivity contribution in [2.45, 2.75) is 129 Å². The largest absolute Gasteiger partial charge is 0.330 e. The molecule has 0 spiro atoms. The maximum absolute atomic E-state index is 5.78. The van der Waals surface area contributed by atoms with Crippen molar-refractivity contribution in [2.24, 2.45) is 5.41 Å². The lowest BCUT2D eigenvalue weighted by Gasteiger charge is -2.45. The van der Waals surface area contributed by atoms with Crippen LogP contribution in [0, 0.1) is 5.41 Å². The minimum Gasteiger partial charge on any atom is -0.330 e. The molecule has 0 saturated heterocycles. The average molecular weight is 387 g/mol. The fourth-order valence-electron chi connectivity index (χ4n) is 4.36. The first kappa shape index (κ1) is 26.9. The summed E-state index contributed by atoms with van der Waals surface area (Å²) in [7, 11) is 5.13. The van der Waals surface area contributed by atoms with Crippen LogP contribution in [0.2, 0.25) is 0 Å². The van der Waals surface area contributed by atoms with E-state index in [9.17, 15) is 0 Å². The molecule has 0 fully saturated rings. The Hall–Kier alpha value is -0.120. The van der Waals surface area contributed by atoms with Crippen LogP contribution in [0.3, 0.4) is 0 Å². The molecule has 27 heavy (non-hydrogen) atoms. The molecule has 1 atom stereocenters. The van der Waals surface area contributed by atoms with E-state index >= 15 is 0 Å². The quantitative estimate of drug-likeness (QED) is 0.157. The van der Waals surface area contributed by atoms with E-state index in [1.807, 2.05) is 0 Å². The Balaban J connectivity index is 4.47. The van der Waals surface area contributed by atoms with Gasteiger partial charge in [0.2, 0.25) is 0 Å². The SMILES string of the molecule is CCCCCCCCCCC(C)(CCCCCCCC)C(OC)(OC)OC. The lowest BCUT2D eigenvalue weighted by atomic mass is 9.77. The zero-order chi connectivity index (χ0) is 20.4. The Morgan fingerprint density at radius 2 is 0.778 bits per heavy atom. The summed E-state index contributed by atoms with van der Waals surface area (Å²) >= 11 is 0. The van der Waals surface area contributed by atoms with E-state index in [-0.39, 0.29) is 5.41 Å². The molecule has 3 heteroatoms. The minimum atomic E-state index is -0.933. The Morgan fingerprint density at radius 3 is 1.07 bits per heavy atom. The Morgan fingerprint density at radius 1 is 0.481 bits per heavy atom. The van der Waals surface area contributed by atoms with Gasteiger partial charge in [-0.3, -0.25) is 0 Å². The van der Waals surface area contributed by atoms with Crippen LogP contribution in [0.25, 0.3) is 0 Å². The number of ether oxygens (including phenoxy) is 3. The van der Waals surface area contributed by atoms with Crippen LogP contribution in [0.5, 0.6) is 0 Å². The number of hydrogen-bond donors (Lipinski definition) is 0. The molecule has 0 aliphatic carbocycles. The van der Waals surface area contributed by atoms with Crippen molar-refractivity contribution in [1.82, 2.24) is 0 Å². The number of rotatable bonds is 20. The first-order valence-electron chi connectivity index (χ1n) is 11.7. The molecule has 0 aliphatic heterocycles. The van der Waals surface area contributed by atoms with Gasteiger partial charge in [-0.15, -0.1) is 0 Å². The molecule has 0 heterocycles. The predicted octanol–water partition coefficient (Wildman–Crippen LogP) is 7.87. The summed E-state index contributed by atoms with van der Waals surface area (Å²) in [6, 6.07) is 0. The van der Waals surface area contributed by atoms with Crippen molar-refractivity contribution < 1.29 is 14.2 Å². The topological polar surface area (TPSA) is 27.7 Å². The molecule has 0 aromatic heterocycles. The first-order valence-corrected chi connectivity index (χ1v) is 11.7. The van der Waals surface area contributed by atoms with Crippen LogP contribution < -0.4 is 0 Å². The molecule has 0 aromatic rings. The van der Waals surface area contributed by atoms with E-state index in [4.69, 9.17) is 14.2 Å². The van der Waals surface area contributed by atoms with Crippen molar-refractivity contribution in [2.75, 3.05) is 21.3 Å². The van der Waals surface area contributed by atoms with E-state index in [0.717, 1.165) is 12.8 Å². The van der Waals surface area contributed by atoms with E-state index in [0.29, 0.717) is 0 Å². The van der Waals surface area contributed by atoms with Gasteiger partial charge >= 0.3 is 0 Å². The molecule has 0 saturated carbocycles. The van der Waals surface area contributed by atoms with Crippen LogP contribution in [0.4, 0.5) is 0 Å². The van der Waals surface area contributed by atoms with E-state index in [1.54, 1.807) is 21.3 Å². The van der Waals surface area contributed by atoms with Crippen molar-refractivity contribution in [3.05, 3.63) is 0 Å². The van der Waals surface area contributed by atoms with Gasteiger partial charge in [-0.05, 0) is 12.8 Å². The van der Waals surface area contributed by atoms with Crippen LogP contribution in [0.15, 0.2) is 0 Å². The zero-order valence-corrected chi connectivity index (χ0v) is 19.5. The second kappa shape index (κ2) is 16.8. The number of unbranched alkanes of at least 4 members (excludes halogenated alkanes) is 12. The van der Waals surface area contributed by atoms with Crippen molar-refractivity contribution in [1.29, 1.82) is 0 Å². The second-order valence-electron chi connectivity index (χ2n) is 8.47. The van der Waals surface area contributed by atoms with Gasteiger partial charge in [-0.25, -0.2) is 0 Å². The van der Waals surface area contributed by atoms with Gasteiger partial charge in [0, 0.05) is 26.7 Å². The number of hydrogen-bond acceptors (Lipinski definition) is 3. The van der Waals surface area contributed by atoms with Crippen molar-refractivity contribution >= 4 is 0 Å². The Bertz CT molecular complexity index is 306. The van der Waals surface area contributed by atoms with Gasteiger partial charge < -0.3 is 14.2 Å². The summed E-state index contributed by atoms with van der Waals surface area (Å²) in [5.74, 6) is -0.933. The molecular formula is C24H50O3. The third-order valence-electron chi connectivity index (χ3n) is 6.21. The highest BCUT2D eigenvalue weighted by Gasteiger charge is 2.49. The molecule has 0 aliphatic rings. The Labute approximate surface area is 170 Å². The summed E-state index contributed by atoms with van der Waals surface area (Å²) in [5.41, 5.74) is -0.113. The van der Waals surface area contributed by atoms with Gasteiger partial charge in [0.15, 0.2) is 0 Å². The van der Waals surface area contributed by atoms with Crippen molar-refractivity contribution in [3.63, 3.8) is 0 Å². The molecule has 0 N–H and O–H groups in total. The highest BCUT2D eigenvalue weighted by atomic mass is 16.9. The lowest BCUT2D eigenvalue weighted by molar-refractivity contribution is -0.406. The monoisotopic (exact) mass is 386 g/mol. The normalized spacial score (nSPS) is 14.4. The molecule has 0 rings (SSSR count). The standard InChI is InChI=1S/C24H50O3/c1-7-9-11-13-15-16-18-20-22-23(3,24(25-4,26-5)27-6)21-19-17-14-12-10-8-2/h7-22H2,1-6H3. The molecule has 164 valence electrons. The van der Waals surface area contributed by atoms with E-state index < -0.39 is 5.97 Å².